The van der Waals surface area contributed by atoms with Crippen LogP contribution in [-0.4, -0.2) is 79.3 Å². The molecule has 3 heterocycles. The van der Waals surface area contributed by atoms with Crippen molar-refractivity contribution < 1.29 is 32.1 Å². The summed E-state index contributed by atoms with van der Waals surface area (Å²) in [5.41, 5.74) is 1.62. The molecule has 3 atom stereocenters. The number of hydrogen-bond acceptors (Lipinski definition) is 8. The van der Waals surface area contributed by atoms with Gasteiger partial charge in [-0.2, -0.15) is 8.42 Å². The Morgan fingerprint density at radius 3 is 2.38 bits per heavy atom. The van der Waals surface area contributed by atoms with Gasteiger partial charge in [-0.3, -0.25) is 29.0 Å². The number of ketones is 1. The van der Waals surface area contributed by atoms with Crippen molar-refractivity contribution in [1.82, 2.24) is 15.5 Å². The summed E-state index contributed by atoms with van der Waals surface area (Å²) in [6.45, 7) is 8.13. The summed E-state index contributed by atoms with van der Waals surface area (Å²) in [7, 11) is -4.08. The molecule has 0 spiro atoms. The number of carbonyl (C=O) groups is 4. The number of amides is 3. The average Bonchev–Trinajstić information content (AvgIpc) is 3.39. The highest BCUT2D eigenvalue weighted by Crippen LogP contribution is 2.64. The van der Waals surface area contributed by atoms with E-state index in [0.717, 1.165) is 43.9 Å². The molecule has 3 aliphatic heterocycles. The van der Waals surface area contributed by atoms with Crippen LogP contribution in [-0.2, 0) is 31.0 Å². The summed E-state index contributed by atoms with van der Waals surface area (Å²) in [4.78, 5) is 51.8. The van der Waals surface area contributed by atoms with Crippen LogP contribution in [0, 0.1) is 16.7 Å². The molecule has 39 heavy (non-hydrogen) atoms. The maximum absolute atomic E-state index is 12.6. The Labute approximate surface area is 228 Å². The van der Waals surface area contributed by atoms with E-state index >= 15 is 0 Å². The summed E-state index contributed by atoms with van der Waals surface area (Å²) in [5, 5.41) is 5.66. The zero-order valence-corrected chi connectivity index (χ0v) is 23.2. The van der Waals surface area contributed by atoms with Crippen molar-refractivity contribution in [1.29, 1.82) is 0 Å². The summed E-state index contributed by atoms with van der Waals surface area (Å²) in [6, 6.07) is 5.35. The number of carbonyl (C=O) groups excluding carboxylic acids is 4. The van der Waals surface area contributed by atoms with Crippen molar-refractivity contribution in [3.63, 3.8) is 0 Å². The van der Waals surface area contributed by atoms with Crippen LogP contribution in [0.4, 0.5) is 5.69 Å². The molecule has 212 valence electrons. The van der Waals surface area contributed by atoms with Crippen LogP contribution in [0.2, 0.25) is 0 Å². The predicted octanol–water partition coefficient (Wildman–Crippen LogP) is 1.13. The topological polar surface area (TPSA) is 153 Å². The Morgan fingerprint density at radius 1 is 1.08 bits per heavy atom. The number of nitrogens with one attached hydrogen (secondary N) is 2. The zero-order chi connectivity index (χ0) is 28.2. The molecule has 2 saturated heterocycles. The SMILES string of the molecule is CC1(C)C2CCC1(CS(=O)(=O)O)C(=O)C2.O=C1CC[C@H](N2Cc3cc(N4CCNCC4)ccc3C2=O)C(=O)N1. The third-order valence-electron chi connectivity index (χ3n) is 9.56. The molecule has 2 saturated carbocycles. The largest absolute Gasteiger partial charge is 0.369 e. The number of fused-ring (bicyclic) bond motifs is 3. The first-order valence-corrected chi connectivity index (χ1v) is 15.1. The molecule has 2 unspecified atom stereocenters. The lowest BCUT2D eigenvalue weighted by Gasteiger charge is -2.35. The molecule has 0 radical (unpaired) electrons. The second-order valence-corrected chi connectivity index (χ2v) is 13.3. The molecule has 3 amide bonds. The second kappa shape index (κ2) is 9.97. The van der Waals surface area contributed by atoms with Crippen LogP contribution in [0.25, 0.3) is 0 Å². The number of piperidine rings is 1. The number of piperazine rings is 1. The molecule has 2 bridgehead atoms. The number of imide groups is 1. The van der Waals surface area contributed by atoms with Gasteiger partial charge in [0.1, 0.15) is 11.8 Å². The molecule has 1 aromatic carbocycles. The molecule has 2 aliphatic carbocycles. The van der Waals surface area contributed by atoms with E-state index in [9.17, 15) is 27.6 Å². The predicted molar refractivity (Wildman–Crippen MR) is 143 cm³/mol. The number of anilines is 1. The van der Waals surface area contributed by atoms with Crippen LogP contribution in [0.15, 0.2) is 18.2 Å². The fourth-order valence-electron chi connectivity index (χ4n) is 7.10. The Kier molecular flexibility index (Phi) is 7.09. The first-order valence-electron chi connectivity index (χ1n) is 13.5. The summed E-state index contributed by atoms with van der Waals surface area (Å²) < 4.78 is 31.0. The summed E-state index contributed by atoms with van der Waals surface area (Å²) in [5.74, 6) is -0.849. The highest BCUT2D eigenvalue weighted by molar-refractivity contribution is 7.85. The van der Waals surface area contributed by atoms with Crippen LogP contribution >= 0.6 is 0 Å². The molecule has 0 aromatic heterocycles. The van der Waals surface area contributed by atoms with Crippen LogP contribution in [0.3, 0.4) is 0 Å². The quantitative estimate of drug-likeness (QED) is 0.363. The smallest absolute Gasteiger partial charge is 0.265 e. The standard InChI is InChI=1S/C17H20N4O3.C10H16O4S/c22-15-4-3-14(16(23)19-15)21-10-11-9-12(1-2-13(11)17(21)24)20-7-5-18-6-8-20;1-9(2)7-3-4-10(9,8(11)5-7)6-15(12,13)14/h1-2,9,14,18H,3-8,10H2,(H,19,22,23);7H,3-6H2,1-2H3,(H,12,13,14)/t14-;/m0./s1. The molecule has 12 heteroatoms. The Hall–Kier alpha value is -2.83. The van der Waals surface area contributed by atoms with Gasteiger partial charge in [-0.1, -0.05) is 13.8 Å². The van der Waals surface area contributed by atoms with Gasteiger partial charge in [0.15, 0.2) is 0 Å². The highest BCUT2D eigenvalue weighted by Gasteiger charge is 2.65. The van der Waals surface area contributed by atoms with Crippen molar-refractivity contribution in [2.24, 2.45) is 16.7 Å². The molecule has 3 N–H and O–H groups in total. The number of hydrogen-bond donors (Lipinski definition) is 3. The maximum atomic E-state index is 12.6. The lowest BCUT2D eigenvalue weighted by molar-refractivity contribution is -0.137. The van der Waals surface area contributed by atoms with E-state index in [2.05, 4.69) is 21.6 Å². The van der Waals surface area contributed by atoms with Crippen molar-refractivity contribution in [3.8, 4) is 0 Å². The van der Waals surface area contributed by atoms with Crippen molar-refractivity contribution in [2.45, 2.75) is 58.5 Å². The number of Topliss-reactive ketones (excluding diaryl/α,β-unsaturated/α-hetero) is 1. The van der Waals surface area contributed by atoms with Gasteiger partial charge in [-0.15, -0.1) is 0 Å². The fraction of sp³-hybridized carbons (Fsp3) is 0.630. The van der Waals surface area contributed by atoms with Gasteiger partial charge >= 0.3 is 0 Å². The monoisotopic (exact) mass is 560 g/mol. The van der Waals surface area contributed by atoms with E-state index in [0.29, 0.717) is 31.4 Å². The van der Waals surface area contributed by atoms with E-state index < -0.39 is 27.3 Å². The van der Waals surface area contributed by atoms with E-state index in [4.69, 9.17) is 4.55 Å². The van der Waals surface area contributed by atoms with E-state index in [1.165, 1.54) is 0 Å². The normalized spacial score (nSPS) is 29.7. The second-order valence-electron chi connectivity index (χ2n) is 11.9. The maximum Gasteiger partial charge on any atom is 0.265 e. The molecule has 1 aromatic rings. The van der Waals surface area contributed by atoms with Gasteiger partial charge in [0.25, 0.3) is 16.0 Å². The Bertz CT molecular complexity index is 1320. The minimum absolute atomic E-state index is 0.0152. The number of nitrogens with zero attached hydrogens (tertiary/aromatic N) is 2. The van der Waals surface area contributed by atoms with E-state index in [1.54, 1.807) is 4.90 Å². The number of rotatable bonds is 4. The van der Waals surface area contributed by atoms with E-state index in [1.807, 2.05) is 26.0 Å². The lowest BCUT2D eigenvalue weighted by Crippen LogP contribution is -2.52. The van der Waals surface area contributed by atoms with Gasteiger partial charge in [-0.05, 0) is 54.4 Å². The molecule has 5 aliphatic rings. The average molecular weight is 561 g/mol. The minimum atomic E-state index is -4.08. The molecular weight excluding hydrogens is 524 g/mol. The first kappa shape index (κ1) is 27.7. The van der Waals surface area contributed by atoms with Crippen LogP contribution < -0.4 is 15.5 Å². The minimum Gasteiger partial charge on any atom is -0.369 e. The summed E-state index contributed by atoms with van der Waals surface area (Å²) >= 11 is 0. The molecule has 6 rings (SSSR count). The van der Waals surface area contributed by atoms with Crippen molar-refractivity contribution >= 4 is 39.3 Å². The first-order chi connectivity index (χ1) is 18.3. The third-order valence-corrected chi connectivity index (χ3v) is 10.4. The van der Waals surface area contributed by atoms with Crippen LogP contribution in [0.1, 0.15) is 61.9 Å². The summed E-state index contributed by atoms with van der Waals surface area (Å²) in [6.07, 6.45) is 2.65. The highest BCUT2D eigenvalue weighted by atomic mass is 32.2. The van der Waals surface area contributed by atoms with Gasteiger partial charge in [-0.25, -0.2) is 0 Å². The molecular formula is C27H36N4O7S. The van der Waals surface area contributed by atoms with Crippen LogP contribution in [0.5, 0.6) is 0 Å². The van der Waals surface area contributed by atoms with Gasteiger partial charge in [0.2, 0.25) is 11.8 Å². The Balaban J connectivity index is 0.000000177. The van der Waals surface area contributed by atoms with Gasteiger partial charge in [0, 0.05) is 56.8 Å². The molecule has 4 fully saturated rings. The van der Waals surface area contributed by atoms with Crippen molar-refractivity contribution in [2.75, 3.05) is 36.8 Å². The zero-order valence-electron chi connectivity index (χ0n) is 22.4. The lowest BCUT2D eigenvalue weighted by atomic mass is 9.70. The molecule has 11 nitrogen and oxygen atoms in total. The van der Waals surface area contributed by atoms with Gasteiger partial charge in [0.05, 0.1) is 11.2 Å². The van der Waals surface area contributed by atoms with Crippen molar-refractivity contribution in [3.05, 3.63) is 29.3 Å². The van der Waals surface area contributed by atoms with Gasteiger partial charge < -0.3 is 15.1 Å². The number of benzene rings is 1. The Morgan fingerprint density at radius 2 is 1.79 bits per heavy atom. The fourth-order valence-corrected chi connectivity index (χ4v) is 8.40. The third kappa shape index (κ3) is 4.98. The van der Waals surface area contributed by atoms with E-state index in [-0.39, 0.29) is 41.3 Å².